The van der Waals surface area contributed by atoms with Crippen molar-refractivity contribution >= 4 is 21.6 Å². The quantitative estimate of drug-likeness (QED) is 0.700. The summed E-state index contributed by atoms with van der Waals surface area (Å²) in [7, 11) is -3.36. The van der Waals surface area contributed by atoms with E-state index >= 15 is 0 Å². The lowest BCUT2D eigenvalue weighted by atomic mass is 10.2. The lowest BCUT2D eigenvalue weighted by Gasteiger charge is -2.18. The minimum atomic E-state index is -3.36. The lowest BCUT2D eigenvalue weighted by Crippen LogP contribution is -2.33. The van der Waals surface area contributed by atoms with Crippen LogP contribution < -0.4 is 10.1 Å². The number of rotatable bonds is 9. The molecule has 1 aromatic carbocycles. The normalized spacial score (nSPS) is 11.5. The summed E-state index contributed by atoms with van der Waals surface area (Å²) >= 11 is 0. The minimum absolute atomic E-state index is 0.0126. The van der Waals surface area contributed by atoms with Crippen molar-refractivity contribution in [3.63, 3.8) is 0 Å². The topological polar surface area (TPSA) is 75.7 Å². The molecule has 1 amide bonds. The third kappa shape index (κ3) is 6.83. The molecule has 0 aliphatic carbocycles. The second-order valence-electron chi connectivity index (χ2n) is 5.37. The molecule has 0 unspecified atom stereocenters. The third-order valence-electron chi connectivity index (χ3n) is 2.91. The number of sulfonamides is 1. The first-order valence-corrected chi connectivity index (χ1v) is 9.20. The predicted octanol–water partition coefficient (Wildman–Crippen LogP) is 2.25. The Kier molecular flexibility index (Phi) is 7.25. The Balaban J connectivity index is 2.68. The summed E-state index contributed by atoms with van der Waals surface area (Å²) in [4.78, 5) is 12.1. The highest BCUT2D eigenvalue weighted by molar-refractivity contribution is 7.88. The van der Waals surface area contributed by atoms with Gasteiger partial charge in [-0.3, -0.25) is 4.79 Å². The average Bonchev–Trinajstić information content (AvgIpc) is 2.43. The molecule has 0 saturated heterocycles. The second-order valence-corrected chi connectivity index (χ2v) is 7.35. The van der Waals surface area contributed by atoms with Gasteiger partial charge in [0, 0.05) is 19.5 Å². The maximum absolute atomic E-state index is 12.1. The van der Waals surface area contributed by atoms with E-state index in [1.807, 2.05) is 19.9 Å². The number of hydrogen-bond acceptors (Lipinski definition) is 4. The maximum Gasteiger partial charge on any atom is 0.225 e. The molecule has 0 heterocycles. The van der Waals surface area contributed by atoms with Crippen LogP contribution in [0.5, 0.6) is 5.75 Å². The smallest absolute Gasteiger partial charge is 0.225 e. The number of benzene rings is 1. The highest BCUT2D eigenvalue weighted by Crippen LogP contribution is 2.24. The van der Waals surface area contributed by atoms with Crippen molar-refractivity contribution in [1.29, 1.82) is 0 Å². The van der Waals surface area contributed by atoms with E-state index in [0.29, 0.717) is 11.4 Å². The molecular formula is C16H24N2O4S. The van der Waals surface area contributed by atoms with Gasteiger partial charge in [-0.2, -0.15) is 4.31 Å². The van der Waals surface area contributed by atoms with Gasteiger partial charge in [-0.15, -0.1) is 6.58 Å². The molecule has 0 bridgehead atoms. The van der Waals surface area contributed by atoms with Gasteiger partial charge in [0.2, 0.25) is 15.9 Å². The fourth-order valence-electron chi connectivity index (χ4n) is 1.90. The van der Waals surface area contributed by atoms with Crippen LogP contribution >= 0.6 is 0 Å². The number of hydrogen-bond donors (Lipinski definition) is 1. The molecule has 0 spiro atoms. The average molecular weight is 340 g/mol. The van der Waals surface area contributed by atoms with Crippen LogP contribution in [0, 0.1) is 0 Å². The van der Waals surface area contributed by atoms with E-state index in [1.165, 1.54) is 10.4 Å². The molecule has 128 valence electrons. The summed E-state index contributed by atoms with van der Waals surface area (Å²) in [6, 6.07) is 7.13. The number of carbonyl (C=O) groups excluding carboxylic acids is 1. The highest BCUT2D eigenvalue weighted by atomic mass is 32.2. The monoisotopic (exact) mass is 340 g/mol. The molecule has 1 N–H and O–H groups in total. The summed E-state index contributed by atoms with van der Waals surface area (Å²) < 4.78 is 30.0. The van der Waals surface area contributed by atoms with Crippen molar-refractivity contribution in [2.24, 2.45) is 0 Å². The van der Waals surface area contributed by atoms with E-state index in [0.717, 1.165) is 6.26 Å². The molecule has 23 heavy (non-hydrogen) atoms. The molecule has 0 aromatic heterocycles. The van der Waals surface area contributed by atoms with Crippen LogP contribution in [0.1, 0.15) is 20.3 Å². The molecule has 0 saturated carbocycles. The van der Waals surface area contributed by atoms with Crippen LogP contribution in [-0.4, -0.2) is 44.1 Å². The summed E-state index contributed by atoms with van der Waals surface area (Å²) in [5.74, 6) is 0.310. The van der Waals surface area contributed by atoms with Crippen molar-refractivity contribution in [1.82, 2.24) is 4.31 Å². The number of nitrogens with zero attached hydrogens (tertiary/aromatic N) is 1. The Morgan fingerprint density at radius 3 is 2.61 bits per heavy atom. The van der Waals surface area contributed by atoms with E-state index in [2.05, 4.69) is 11.9 Å². The van der Waals surface area contributed by atoms with Gasteiger partial charge < -0.3 is 10.1 Å². The number of para-hydroxylation sites is 2. The number of nitrogens with one attached hydrogen (secondary N) is 1. The molecule has 0 aliphatic heterocycles. The first-order chi connectivity index (χ1) is 10.7. The number of anilines is 1. The van der Waals surface area contributed by atoms with Crippen LogP contribution in [0.15, 0.2) is 36.9 Å². The van der Waals surface area contributed by atoms with Crippen LogP contribution in [-0.2, 0) is 14.8 Å². The van der Waals surface area contributed by atoms with Crippen LogP contribution in [0.25, 0.3) is 0 Å². The maximum atomic E-state index is 12.1. The summed E-state index contributed by atoms with van der Waals surface area (Å²) in [6.45, 7) is 7.61. The summed E-state index contributed by atoms with van der Waals surface area (Å²) in [6.07, 6.45) is 2.64. The Labute approximate surface area is 138 Å². The summed E-state index contributed by atoms with van der Waals surface area (Å²) in [5.41, 5.74) is 0.570. The molecule has 0 fully saturated rings. The fourth-order valence-corrected chi connectivity index (χ4v) is 2.70. The van der Waals surface area contributed by atoms with Gasteiger partial charge in [-0.05, 0) is 26.0 Å². The first-order valence-electron chi connectivity index (χ1n) is 7.35. The number of amides is 1. The van der Waals surface area contributed by atoms with Crippen molar-refractivity contribution < 1.29 is 17.9 Å². The zero-order chi connectivity index (χ0) is 17.5. The van der Waals surface area contributed by atoms with Gasteiger partial charge in [-0.25, -0.2) is 8.42 Å². The van der Waals surface area contributed by atoms with Crippen molar-refractivity contribution in [2.45, 2.75) is 26.4 Å². The molecule has 1 rings (SSSR count). The molecule has 6 nitrogen and oxygen atoms in total. The molecule has 1 aromatic rings. The van der Waals surface area contributed by atoms with E-state index in [1.54, 1.807) is 18.2 Å². The van der Waals surface area contributed by atoms with Gasteiger partial charge >= 0.3 is 0 Å². The van der Waals surface area contributed by atoms with Crippen molar-refractivity contribution in [2.75, 3.05) is 24.7 Å². The number of ether oxygens (including phenoxy) is 1. The third-order valence-corrected chi connectivity index (χ3v) is 4.18. The fraction of sp³-hybridized carbons (Fsp3) is 0.438. The van der Waals surface area contributed by atoms with Gasteiger partial charge in [0.15, 0.2) is 0 Å². The number of carbonyl (C=O) groups is 1. The second kappa shape index (κ2) is 8.69. The van der Waals surface area contributed by atoms with E-state index < -0.39 is 10.0 Å². The van der Waals surface area contributed by atoms with E-state index in [4.69, 9.17) is 4.74 Å². The van der Waals surface area contributed by atoms with E-state index in [-0.39, 0.29) is 31.5 Å². The summed E-state index contributed by atoms with van der Waals surface area (Å²) in [5, 5.41) is 2.75. The Morgan fingerprint density at radius 2 is 2.04 bits per heavy atom. The van der Waals surface area contributed by atoms with Gasteiger partial charge in [0.1, 0.15) is 5.75 Å². The van der Waals surface area contributed by atoms with Crippen LogP contribution in [0.3, 0.4) is 0 Å². The zero-order valence-electron chi connectivity index (χ0n) is 13.8. The van der Waals surface area contributed by atoms with Crippen molar-refractivity contribution in [3.05, 3.63) is 36.9 Å². The minimum Gasteiger partial charge on any atom is -0.489 e. The first kappa shape index (κ1) is 19.2. The largest absolute Gasteiger partial charge is 0.489 e. The van der Waals surface area contributed by atoms with Gasteiger partial charge in [-0.1, -0.05) is 18.2 Å². The van der Waals surface area contributed by atoms with Gasteiger partial charge in [0.05, 0.1) is 18.0 Å². The van der Waals surface area contributed by atoms with Gasteiger partial charge in [0.25, 0.3) is 0 Å². The predicted molar refractivity (Wildman–Crippen MR) is 92.1 cm³/mol. The Morgan fingerprint density at radius 1 is 1.39 bits per heavy atom. The highest BCUT2D eigenvalue weighted by Gasteiger charge is 2.17. The Bertz CT molecular complexity index is 641. The standard InChI is InChI=1S/C16H24N2O4S/c1-5-11-18(23(4,20)21)12-10-16(19)17-14-8-6-7-9-15(14)22-13(2)3/h5-9,13H,1,10-12H2,2-4H3,(H,17,19). The van der Waals surface area contributed by atoms with Crippen LogP contribution in [0.2, 0.25) is 0 Å². The van der Waals surface area contributed by atoms with Crippen LogP contribution in [0.4, 0.5) is 5.69 Å². The molecule has 0 aliphatic rings. The molecule has 7 heteroatoms. The van der Waals surface area contributed by atoms with E-state index in [9.17, 15) is 13.2 Å². The van der Waals surface area contributed by atoms with Crippen molar-refractivity contribution in [3.8, 4) is 5.75 Å². The molecule has 0 radical (unpaired) electrons. The lowest BCUT2D eigenvalue weighted by molar-refractivity contribution is -0.116. The Hall–Kier alpha value is -1.86. The zero-order valence-corrected chi connectivity index (χ0v) is 14.6. The molecule has 0 atom stereocenters. The SMILES string of the molecule is C=CCN(CCC(=O)Nc1ccccc1OC(C)C)S(C)(=O)=O. The molecular weight excluding hydrogens is 316 g/mol.